The monoisotopic (exact) mass is 285 g/mol. The zero-order valence-electron chi connectivity index (χ0n) is 12.3. The van der Waals surface area contributed by atoms with Crippen molar-refractivity contribution in [2.24, 2.45) is 0 Å². The molecule has 0 aliphatic rings. The summed E-state index contributed by atoms with van der Waals surface area (Å²) in [6.07, 6.45) is 3.62. The lowest BCUT2D eigenvalue weighted by molar-refractivity contribution is 0.272. The molecular formula is C16H19N3O2. The van der Waals surface area contributed by atoms with Crippen LogP contribution in [0, 0.1) is 0 Å². The summed E-state index contributed by atoms with van der Waals surface area (Å²) in [5.74, 6) is 1.61. The van der Waals surface area contributed by atoms with Crippen molar-refractivity contribution in [3.8, 4) is 5.75 Å². The van der Waals surface area contributed by atoms with Crippen molar-refractivity contribution in [2.45, 2.75) is 26.6 Å². The van der Waals surface area contributed by atoms with Gasteiger partial charge in [0.25, 0.3) is 0 Å². The number of aromatic nitrogens is 2. The summed E-state index contributed by atoms with van der Waals surface area (Å²) in [5.41, 5.74) is 2.04. The smallest absolute Gasteiger partial charge is 0.157 e. The molecule has 0 radical (unpaired) electrons. The fourth-order valence-electron chi connectivity index (χ4n) is 2.38. The molecule has 5 nitrogen and oxygen atoms in total. The summed E-state index contributed by atoms with van der Waals surface area (Å²) in [6, 6.07) is 8.05. The zero-order valence-corrected chi connectivity index (χ0v) is 12.3. The molecule has 0 aliphatic carbocycles. The minimum Gasteiger partial charge on any atom is -0.482 e. The van der Waals surface area contributed by atoms with Crippen molar-refractivity contribution in [3.63, 3.8) is 0 Å². The summed E-state index contributed by atoms with van der Waals surface area (Å²) in [7, 11) is 1.93. The molecule has 0 spiro atoms. The Balaban J connectivity index is 1.83. The van der Waals surface area contributed by atoms with Crippen LogP contribution < -0.4 is 10.1 Å². The van der Waals surface area contributed by atoms with Crippen molar-refractivity contribution in [1.82, 2.24) is 15.1 Å². The van der Waals surface area contributed by atoms with Crippen LogP contribution in [-0.2, 0) is 19.7 Å². The highest BCUT2D eigenvalue weighted by atomic mass is 16.5. The van der Waals surface area contributed by atoms with Crippen LogP contribution in [-0.4, -0.2) is 16.8 Å². The Kier molecular flexibility index (Phi) is 3.92. The fourth-order valence-corrected chi connectivity index (χ4v) is 2.38. The Labute approximate surface area is 123 Å². The third kappa shape index (κ3) is 2.78. The molecule has 1 N–H and O–H groups in total. The zero-order chi connectivity index (χ0) is 14.7. The first-order chi connectivity index (χ1) is 10.3. The topological polar surface area (TPSA) is 52.2 Å². The lowest BCUT2D eigenvalue weighted by Gasteiger charge is -2.04. The van der Waals surface area contributed by atoms with Gasteiger partial charge in [-0.3, -0.25) is 4.68 Å². The van der Waals surface area contributed by atoms with Gasteiger partial charge in [-0.1, -0.05) is 18.2 Å². The number of hydrogen-bond acceptors (Lipinski definition) is 4. The van der Waals surface area contributed by atoms with E-state index in [9.17, 15) is 0 Å². The predicted octanol–water partition coefficient (Wildman–Crippen LogP) is 2.95. The maximum Gasteiger partial charge on any atom is 0.157 e. The van der Waals surface area contributed by atoms with Crippen molar-refractivity contribution in [1.29, 1.82) is 0 Å². The summed E-state index contributed by atoms with van der Waals surface area (Å²) >= 11 is 0. The molecule has 5 heteroatoms. The Morgan fingerprint density at radius 1 is 1.33 bits per heavy atom. The molecule has 2 heterocycles. The molecule has 3 aromatic rings. The maximum absolute atomic E-state index is 5.91. The van der Waals surface area contributed by atoms with E-state index >= 15 is 0 Å². The lowest BCUT2D eigenvalue weighted by atomic mass is 10.1. The molecule has 0 amide bonds. The molecule has 0 unspecified atom stereocenters. The van der Waals surface area contributed by atoms with Crippen molar-refractivity contribution >= 4 is 11.0 Å². The second-order valence-electron chi connectivity index (χ2n) is 4.85. The summed E-state index contributed by atoms with van der Waals surface area (Å²) in [5, 5.41) is 8.51. The molecule has 0 saturated heterocycles. The molecule has 2 aromatic heterocycles. The molecule has 1 aromatic carbocycles. The van der Waals surface area contributed by atoms with Crippen LogP contribution in [0.3, 0.4) is 0 Å². The number of hydrogen-bond donors (Lipinski definition) is 1. The van der Waals surface area contributed by atoms with E-state index in [0.29, 0.717) is 6.61 Å². The number of para-hydroxylation sites is 1. The van der Waals surface area contributed by atoms with Crippen molar-refractivity contribution in [2.75, 3.05) is 7.05 Å². The van der Waals surface area contributed by atoms with Crippen LogP contribution in [0.5, 0.6) is 5.75 Å². The quantitative estimate of drug-likeness (QED) is 0.756. The molecule has 21 heavy (non-hydrogen) atoms. The van der Waals surface area contributed by atoms with Gasteiger partial charge in [-0.25, -0.2) is 0 Å². The minimum absolute atomic E-state index is 0.404. The van der Waals surface area contributed by atoms with Crippen LogP contribution in [0.2, 0.25) is 0 Å². The highest BCUT2D eigenvalue weighted by Crippen LogP contribution is 2.26. The summed E-state index contributed by atoms with van der Waals surface area (Å²) in [6.45, 7) is 4.03. The molecule has 0 bridgehead atoms. The Hall–Kier alpha value is -2.27. The number of rotatable bonds is 6. The molecule has 0 atom stereocenters. The number of aryl methyl sites for hydroxylation is 1. The first-order valence-corrected chi connectivity index (χ1v) is 7.11. The molecule has 0 fully saturated rings. The van der Waals surface area contributed by atoms with Gasteiger partial charge in [0.2, 0.25) is 0 Å². The summed E-state index contributed by atoms with van der Waals surface area (Å²) < 4.78 is 13.5. The second-order valence-corrected chi connectivity index (χ2v) is 4.85. The maximum atomic E-state index is 5.91. The SMILES string of the molecule is CCn1cc(OCc2oc3ccccc3c2CNC)cn1. The Bertz CT molecular complexity index is 730. The minimum atomic E-state index is 0.404. The van der Waals surface area contributed by atoms with Crippen molar-refractivity contribution < 1.29 is 9.15 Å². The van der Waals surface area contributed by atoms with E-state index < -0.39 is 0 Å². The third-order valence-electron chi connectivity index (χ3n) is 3.44. The van der Waals surface area contributed by atoms with E-state index in [2.05, 4.69) is 16.5 Å². The largest absolute Gasteiger partial charge is 0.482 e. The van der Waals surface area contributed by atoms with Crippen LogP contribution >= 0.6 is 0 Å². The van der Waals surface area contributed by atoms with Crippen LogP contribution in [0.1, 0.15) is 18.2 Å². The van der Waals surface area contributed by atoms with Gasteiger partial charge in [0.05, 0.1) is 12.4 Å². The van der Waals surface area contributed by atoms with Gasteiger partial charge in [-0.15, -0.1) is 0 Å². The molecule has 3 rings (SSSR count). The van der Waals surface area contributed by atoms with E-state index in [1.807, 2.05) is 43.0 Å². The number of fused-ring (bicyclic) bond motifs is 1. The second kappa shape index (κ2) is 6.01. The van der Waals surface area contributed by atoms with Gasteiger partial charge in [0.1, 0.15) is 18.0 Å². The fraction of sp³-hybridized carbons (Fsp3) is 0.312. The van der Waals surface area contributed by atoms with Gasteiger partial charge in [-0.05, 0) is 20.0 Å². The summed E-state index contributed by atoms with van der Waals surface area (Å²) in [4.78, 5) is 0. The number of nitrogens with zero attached hydrogens (tertiary/aromatic N) is 2. The average molecular weight is 285 g/mol. The normalized spacial score (nSPS) is 11.1. The van der Waals surface area contributed by atoms with Gasteiger partial charge >= 0.3 is 0 Å². The van der Waals surface area contributed by atoms with E-state index in [0.717, 1.165) is 41.1 Å². The lowest BCUT2D eigenvalue weighted by Crippen LogP contribution is -2.07. The standard InChI is InChI=1S/C16H19N3O2/c1-3-19-10-12(8-18-19)20-11-16-14(9-17-2)13-6-4-5-7-15(13)21-16/h4-8,10,17H,3,9,11H2,1-2H3. The van der Waals surface area contributed by atoms with E-state index in [1.54, 1.807) is 6.20 Å². The number of furan rings is 1. The first kappa shape index (κ1) is 13.7. The van der Waals surface area contributed by atoms with Crippen LogP contribution in [0.15, 0.2) is 41.1 Å². The van der Waals surface area contributed by atoms with E-state index in [1.165, 1.54) is 0 Å². The van der Waals surface area contributed by atoms with Gasteiger partial charge in [-0.2, -0.15) is 5.10 Å². The molecule has 0 aliphatic heterocycles. The van der Waals surface area contributed by atoms with E-state index in [-0.39, 0.29) is 0 Å². The van der Waals surface area contributed by atoms with Crippen LogP contribution in [0.25, 0.3) is 11.0 Å². The number of benzene rings is 1. The Morgan fingerprint density at radius 2 is 2.19 bits per heavy atom. The highest BCUT2D eigenvalue weighted by Gasteiger charge is 2.14. The van der Waals surface area contributed by atoms with Gasteiger partial charge in [0, 0.05) is 24.0 Å². The number of ether oxygens (including phenoxy) is 1. The van der Waals surface area contributed by atoms with E-state index in [4.69, 9.17) is 9.15 Å². The average Bonchev–Trinajstić information content (AvgIpc) is 3.10. The van der Waals surface area contributed by atoms with Gasteiger partial charge in [0.15, 0.2) is 5.75 Å². The molecule has 110 valence electrons. The molecule has 0 saturated carbocycles. The highest BCUT2D eigenvalue weighted by molar-refractivity contribution is 5.82. The number of nitrogens with one attached hydrogen (secondary N) is 1. The first-order valence-electron chi connectivity index (χ1n) is 7.11. The van der Waals surface area contributed by atoms with Crippen molar-refractivity contribution in [3.05, 3.63) is 48.0 Å². The van der Waals surface area contributed by atoms with Gasteiger partial charge < -0.3 is 14.5 Å². The third-order valence-corrected chi connectivity index (χ3v) is 3.44. The predicted molar refractivity (Wildman–Crippen MR) is 81.2 cm³/mol. The molecular weight excluding hydrogens is 266 g/mol. The van der Waals surface area contributed by atoms with Crippen LogP contribution in [0.4, 0.5) is 0 Å². The Morgan fingerprint density at radius 3 is 2.95 bits per heavy atom.